The first kappa shape index (κ1) is 13.6. The second kappa shape index (κ2) is 6.95. The van der Waals surface area contributed by atoms with Gasteiger partial charge in [-0.2, -0.15) is 0 Å². The molecule has 0 aliphatic carbocycles. The minimum atomic E-state index is 0.687. The van der Waals surface area contributed by atoms with Crippen LogP contribution in [0.2, 0.25) is 0 Å². The highest BCUT2D eigenvalue weighted by molar-refractivity contribution is 5.73. The molecule has 0 saturated heterocycles. The van der Waals surface area contributed by atoms with Crippen molar-refractivity contribution >= 4 is 0 Å². The van der Waals surface area contributed by atoms with E-state index in [4.69, 9.17) is 4.74 Å². The minimum Gasteiger partial charge on any atom is -0.493 e. The first-order valence-corrected chi connectivity index (χ1v) is 6.87. The van der Waals surface area contributed by atoms with Gasteiger partial charge in [-0.15, -0.1) is 0 Å². The van der Waals surface area contributed by atoms with Crippen molar-refractivity contribution < 1.29 is 4.74 Å². The molecule has 0 saturated carbocycles. The third-order valence-corrected chi connectivity index (χ3v) is 3.06. The molecule has 2 rings (SSSR count). The fourth-order valence-electron chi connectivity index (χ4n) is 2.17. The second-order valence-electron chi connectivity index (χ2n) is 4.37. The van der Waals surface area contributed by atoms with Crippen LogP contribution in [0, 0.1) is 0 Å². The Hall–Kier alpha value is -1.80. The van der Waals surface area contributed by atoms with Gasteiger partial charge in [0.2, 0.25) is 0 Å². The van der Waals surface area contributed by atoms with Crippen LogP contribution in [0.3, 0.4) is 0 Å². The molecule has 0 heterocycles. The van der Waals surface area contributed by atoms with Crippen molar-refractivity contribution in [2.75, 3.05) is 13.2 Å². The largest absolute Gasteiger partial charge is 0.493 e. The highest BCUT2D eigenvalue weighted by Crippen LogP contribution is 2.32. The summed E-state index contributed by atoms with van der Waals surface area (Å²) in [7, 11) is 0. The van der Waals surface area contributed by atoms with E-state index in [1.807, 2.05) is 19.1 Å². The van der Waals surface area contributed by atoms with Crippen LogP contribution < -0.4 is 10.1 Å². The molecule has 0 unspecified atom stereocenters. The normalized spacial score (nSPS) is 10.4. The minimum absolute atomic E-state index is 0.687. The highest BCUT2D eigenvalue weighted by atomic mass is 16.5. The Morgan fingerprint density at radius 2 is 1.58 bits per heavy atom. The van der Waals surface area contributed by atoms with Crippen LogP contribution in [0.5, 0.6) is 5.75 Å². The molecule has 0 aliphatic heterocycles. The lowest BCUT2D eigenvalue weighted by Gasteiger charge is -2.14. The first-order valence-electron chi connectivity index (χ1n) is 6.87. The second-order valence-corrected chi connectivity index (χ2v) is 4.37. The Bertz CT molecular complexity index is 522. The Labute approximate surface area is 115 Å². The van der Waals surface area contributed by atoms with Gasteiger partial charge >= 0.3 is 0 Å². The van der Waals surface area contributed by atoms with Crippen molar-refractivity contribution in [2.45, 2.75) is 20.4 Å². The summed E-state index contributed by atoms with van der Waals surface area (Å²) in [6, 6.07) is 16.7. The molecule has 2 heteroatoms. The van der Waals surface area contributed by atoms with E-state index in [0.717, 1.165) is 24.4 Å². The van der Waals surface area contributed by atoms with Gasteiger partial charge in [0.05, 0.1) is 6.61 Å². The van der Waals surface area contributed by atoms with Crippen LogP contribution in [0.25, 0.3) is 11.1 Å². The van der Waals surface area contributed by atoms with Crippen LogP contribution in [0.4, 0.5) is 0 Å². The summed E-state index contributed by atoms with van der Waals surface area (Å²) >= 11 is 0. The van der Waals surface area contributed by atoms with Gasteiger partial charge in [0, 0.05) is 12.1 Å². The van der Waals surface area contributed by atoms with Crippen molar-refractivity contribution in [3.05, 3.63) is 54.1 Å². The summed E-state index contributed by atoms with van der Waals surface area (Å²) in [6.45, 7) is 6.68. The molecule has 100 valence electrons. The molecule has 2 aromatic rings. The lowest BCUT2D eigenvalue weighted by molar-refractivity contribution is 0.341. The zero-order valence-corrected chi connectivity index (χ0v) is 11.6. The van der Waals surface area contributed by atoms with Crippen LogP contribution in [-0.2, 0) is 6.54 Å². The highest BCUT2D eigenvalue weighted by Gasteiger charge is 2.09. The number of benzene rings is 2. The number of hydrogen-bond donors (Lipinski definition) is 1. The SMILES string of the molecule is CCNCc1ccccc1-c1ccccc1OCC. The van der Waals surface area contributed by atoms with Crippen molar-refractivity contribution in [3.8, 4) is 16.9 Å². The third kappa shape index (κ3) is 3.36. The van der Waals surface area contributed by atoms with Gasteiger partial charge in [-0.05, 0) is 30.7 Å². The summed E-state index contributed by atoms with van der Waals surface area (Å²) in [5.74, 6) is 0.953. The van der Waals surface area contributed by atoms with E-state index in [9.17, 15) is 0 Å². The Kier molecular flexibility index (Phi) is 4.99. The number of rotatable bonds is 6. The van der Waals surface area contributed by atoms with E-state index in [2.05, 4.69) is 48.6 Å². The maximum absolute atomic E-state index is 5.73. The molecule has 0 aliphatic rings. The smallest absolute Gasteiger partial charge is 0.127 e. The third-order valence-electron chi connectivity index (χ3n) is 3.06. The first-order chi connectivity index (χ1) is 9.36. The topological polar surface area (TPSA) is 21.3 Å². The molecule has 0 fully saturated rings. The summed E-state index contributed by atoms with van der Waals surface area (Å²) in [5.41, 5.74) is 3.71. The summed E-state index contributed by atoms with van der Waals surface area (Å²) in [4.78, 5) is 0. The van der Waals surface area contributed by atoms with Gasteiger partial charge in [0.15, 0.2) is 0 Å². The van der Waals surface area contributed by atoms with Gasteiger partial charge in [-0.3, -0.25) is 0 Å². The lowest BCUT2D eigenvalue weighted by Crippen LogP contribution is -2.12. The van der Waals surface area contributed by atoms with Gasteiger partial charge in [0.1, 0.15) is 5.75 Å². The van der Waals surface area contributed by atoms with Gasteiger partial charge in [-0.1, -0.05) is 49.4 Å². The van der Waals surface area contributed by atoms with Crippen LogP contribution in [0.1, 0.15) is 19.4 Å². The molecular weight excluding hydrogens is 234 g/mol. The average Bonchev–Trinajstić information content (AvgIpc) is 2.46. The molecular formula is C17H21NO. The predicted molar refractivity (Wildman–Crippen MR) is 80.4 cm³/mol. The maximum atomic E-state index is 5.73. The van der Waals surface area contributed by atoms with E-state index < -0.39 is 0 Å². The van der Waals surface area contributed by atoms with Crippen LogP contribution in [0.15, 0.2) is 48.5 Å². The van der Waals surface area contributed by atoms with Crippen molar-refractivity contribution in [1.82, 2.24) is 5.32 Å². The van der Waals surface area contributed by atoms with E-state index in [1.54, 1.807) is 0 Å². The average molecular weight is 255 g/mol. The fraction of sp³-hybridized carbons (Fsp3) is 0.294. The van der Waals surface area contributed by atoms with Crippen molar-refractivity contribution in [2.24, 2.45) is 0 Å². The van der Waals surface area contributed by atoms with Crippen LogP contribution >= 0.6 is 0 Å². The van der Waals surface area contributed by atoms with Gasteiger partial charge in [0.25, 0.3) is 0 Å². The number of para-hydroxylation sites is 1. The summed E-state index contributed by atoms with van der Waals surface area (Å²) in [6.07, 6.45) is 0. The van der Waals surface area contributed by atoms with E-state index in [-0.39, 0.29) is 0 Å². The number of nitrogens with one attached hydrogen (secondary N) is 1. The summed E-state index contributed by atoms with van der Waals surface area (Å²) < 4.78 is 5.73. The van der Waals surface area contributed by atoms with Gasteiger partial charge < -0.3 is 10.1 Å². The lowest BCUT2D eigenvalue weighted by atomic mass is 9.99. The zero-order chi connectivity index (χ0) is 13.5. The molecule has 0 amide bonds. The molecule has 0 bridgehead atoms. The van der Waals surface area contributed by atoms with E-state index in [1.165, 1.54) is 11.1 Å². The zero-order valence-electron chi connectivity index (χ0n) is 11.6. The molecule has 19 heavy (non-hydrogen) atoms. The van der Waals surface area contributed by atoms with E-state index >= 15 is 0 Å². The number of hydrogen-bond acceptors (Lipinski definition) is 2. The predicted octanol–water partition coefficient (Wildman–Crippen LogP) is 3.86. The summed E-state index contributed by atoms with van der Waals surface area (Å²) in [5, 5.41) is 3.39. The molecule has 0 radical (unpaired) electrons. The van der Waals surface area contributed by atoms with E-state index in [0.29, 0.717) is 6.61 Å². The van der Waals surface area contributed by atoms with Crippen molar-refractivity contribution in [3.63, 3.8) is 0 Å². The molecule has 0 aromatic heterocycles. The molecule has 2 aromatic carbocycles. The molecule has 2 nitrogen and oxygen atoms in total. The molecule has 1 N–H and O–H groups in total. The fourth-order valence-corrected chi connectivity index (χ4v) is 2.17. The monoisotopic (exact) mass is 255 g/mol. The quantitative estimate of drug-likeness (QED) is 0.846. The van der Waals surface area contributed by atoms with Gasteiger partial charge in [-0.25, -0.2) is 0 Å². The molecule has 0 spiro atoms. The molecule has 0 atom stereocenters. The Balaban J connectivity index is 2.40. The maximum Gasteiger partial charge on any atom is 0.127 e. The Morgan fingerprint density at radius 3 is 2.32 bits per heavy atom. The standard InChI is InChI=1S/C17H21NO/c1-3-18-13-14-9-5-6-10-15(14)16-11-7-8-12-17(16)19-4-2/h5-12,18H,3-4,13H2,1-2H3. The number of ether oxygens (including phenoxy) is 1. The van der Waals surface area contributed by atoms with Crippen molar-refractivity contribution in [1.29, 1.82) is 0 Å². The Morgan fingerprint density at radius 1 is 0.895 bits per heavy atom. The van der Waals surface area contributed by atoms with Crippen LogP contribution in [-0.4, -0.2) is 13.2 Å².